The Bertz CT molecular complexity index is 486. The summed E-state index contributed by atoms with van der Waals surface area (Å²) in [5, 5.41) is 0. The Balaban J connectivity index is 1.96. The van der Waals surface area contributed by atoms with Gasteiger partial charge < -0.3 is 9.47 Å². The van der Waals surface area contributed by atoms with E-state index in [4.69, 9.17) is 9.47 Å². The molecule has 0 saturated heterocycles. The lowest BCUT2D eigenvalue weighted by Gasteiger charge is -2.05. The van der Waals surface area contributed by atoms with E-state index < -0.39 is 6.16 Å². The molecule has 92 valence electrons. The third-order valence-corrected chi connectivity index (χ3v) is 3.09. The zero-order valence-electron chi connectivity index (χ0n) is 9.10. The van der Waals surface area contributed by atoms with E-state index in [0.29, 0.717) is 11.5 Å². The highest BCUT2D eigenvalue weighted by Crippen LogP contribution is 2.19. The van der Waals surface area contributed by atoms with Crippen LogP contribution in [0.4, 0.5) is 4.79 Å². The summed E-state index contributed by atoms with van der Waals surface area (Å²) in [6, 6.07) is 13.8. The number of benzene rings is 2. The van der Waals surface area contributed by atoms with Crippen molar-refractivity contribution in [3.05, 3.63) is 57.5 Å². The lowest BCUT2D eigenvalue weighted by molar-refractivity contribution is 0.152. The number of rotatable bonds is 2. The van der Waals surface area contributed by atoms with Crippen LogP contribution in [0.1, 0.15) is 0 Å². The van der Waals surface area contributed by atoms with Crippen LogP contribution in [-0.2, 0) is 0 Å². The maximum Gasteiger partial charge on any atom is 0.519 e. The SMILES string of the molecule is O=C(Oc1ccc(Br)cc1)Oc1ccc(Br)cc1. The number of carbonyl (C=O) groups excluding carboxylic acids is 1. The summed E-state index contributed by atoms with van der Waals surface area (Å²) in [5.74, 6) is 0.862. The normalized spacial score (nSPS) is 9.89. The average molecular weight is 372 g/mol. The second-order valence-corrected chi connectivity index (χ2v) is 5.19. The number of carbonyl (C=O) groups is 1. The molecule has 0 atom stereocenters. The summed E-state index contributed by atoms with van der Waals surface area (Å²) >= 11 is 6.59. The molecule has 18 heavy (non-hydrogen) atoms. The molecule has 3 nitrogen and oxygen atoms in total. The fraction of sp³-hybridized carbons (Fsp3) is 0. The number of halogens is 2. The van der Waals surface area contributed by atoms with Crippen LogP contribution in [0.3, 0.4) is 0 Å². The summed E-state index contributed by atoms with van der Waals surface area (Å²) in [4.78, 5) is 11.5. The Hall–Kier alpha value is -1.33. The molecule has 0 aromatic heterocycles. The second-order valence-electron chi connectivity index (χ2n) is 3.36. The molecule has 5 heteroatoms. The van der Waals surface area contributed by atoms with Gasteiger partial charge in [-0.25, -0.2) is 4.79 Å². The van der Waals surface area contributed by atoms with E-state index in [1.807, 2.05) is 0 Å². The molecule has 2 aromatic carbocycles. The van der Waals surface area contributed by atoms with Crippen molar-refractivity contribution in [2.45, 2.75) is 0 Å². The summed E-state index contributed by atoms with van der Waals surface area (Å²) in [5.41, 5.74) is 0. The molecular formula is C13H8Br2O3. The Morgan fingerprint density at radius 3 is 1.39 bits per heavy atom. The van der Waals surface area contributed by atoms with Crippen LogP contribution in [0.15, 0.2) is 57.5 Å². The van der Waals surface area contributed by atoms with Gasteiger partial charge in [0, 0.05) is 8.95 Å². The highest BCUT2D eigenvalue weighted by atomic mass is 79.9. The average Bonchev–Trinajstić information content (AvgIpc) is 2.35. The van der Waals surface area contributed by atoms with E-state index >= 15 is 0 Å². The van der Waals surface area contributed by atoms with E-state index in [1.54, 1.807) is 48.5 Å². The van der Waals surface area contributed by atoms with Gasteiger partial charge in [0.2, 0.25) is 0 Å². The van der Waals surface area contributed by atoms with E-state index in [-0.39, 0.29) is 0 Å². The molecule has 0 unspecified atom stereocenters. The Morgan fingerprint density at radius 1 is 0.722 bits per heavy atom. The van der Waals surface area contributed by atoms with Crippen molar-refractivity contribution in [3.63, 3.8) is 0 Å². The first kappa shape index (κ1) is 13.1. The van der Waals surface area contributed by atoms with Gasteiger partial charge in [-0.3, -0.25) is 0 Å². The van der Waals surface area contributed by atoms with Crippen LogP contribution in [0, 0.1) is 0 Å². The second kappa shape index (κ2) is 6.02. The molecule has 0 radical (unpaired) electrons. The van der Waals surface area contributed by atoms with Crippen molar-refractivity contribution in [3.8, 4) is 11.5 Å². The quantitative estimate of drug-likeness (QED) is 0.562. The summed E-state index contributed by atoms with van der Waals surface area (Å²) < 4.78 is 11.8. The number of hydrogen-bond acceptors (Lipinski definition) is 3. The fourth-order valence-corrected chi connectivity index (χ4v) is 1.75. The Morgan fingerprint density at radius 2 is 1.06 bits per heavy atom. The van der Waals surface area contributed by atoms with Gasteiger partial charge in [-0.2, -0.15) is 0 Å². The highest BCUT2D eigenvalue weighted by Gasteiger charge is 2.07. The third kappa shape index (κ3) is 3.85. The van der Waals surface area contributed by atoms with Crippen LogP contribution in [0.25, 0.3) is 0 Å². The third-order valence-electron chi connectivity index (χ3n) is 2.03. The van der Waals surface area contributed by atoms with Crippen LogP contribution in [0.2, 0.25) is 0 Å². The van der Waals surface area contributed by atoms with Crippen molar-refractivity contribution in [1.29, 1.82) is 0 Å². The highest BCUT2D eigenvalue weighted by molar-refractivity contribution is 9.10. The van der Waals surface area contributed by atoms with Gasteiger partial charge in [0.05, 0.1) is 0 Å². The molecule has 0 aliphatic carbocycles. The molecule has 0 bridgehead atoms. The van der Waals surface area contributed by atoms with Crippen molar-refractivity contribution in [2.24, 2.45) is 0 Å². The van der Waals surface area contributed by atoms with Gasteiger partial charge in [-0.15, -0.1) is 0 Å². The molecule has 0 aliphatic heterocycles. The van der Waals surface area contributed by atoms with Crippen molar-refractivity contribution in [2.75, 3.05) is 0 Å². The minimum atomic E-state index is -0.764. The number of hydrogen-bond donors (Lipinski definition) is 0. The monoisotopic (exact) mass is 370 g/mol. The fourth-order valence-electron chi connectivity index (χ4n) is 1.22. The summed E-state index contributed by atoms with van der Waals surface area (Å²) in [7, 11) is 0. The molecule has 0 N–H and O–H groups in total. The van der Waals surface area contributed by atoms with Crippen molar-refractivity contribution in [1.82, 2.24) is 0 Å². The molecule has 0 spiro atoms. The molecule has 0 heterocycles. The summed E-state index contributed by atoms with van der Waals surface area (Å²) in [6.45, 7) is 0. The molecule has 0 aliphatic rings. The van der Waals surface area contributed by atoms with Crippen LogP contribution in [-0.4, -0.2) is 6.16 Å². The molecule has 0 saturated carbocycles. The van der Waals surface area contributed by atoms with Gasteiger partial charge >= 0.3 is 6.16 Å². The minimum absolute atomic E-state index is 0.431. The van der Waals surface area contributed by atoms with Crippen molar-refractivity contribution >= 4 is 38.0 Å². The van der Waals surface area contributed by atoms with Gasteiger partial charge in [0.1, 0.15) is 11.5 Å². The van der Waals surface area contributed by atoms with E-state index in [9.17, 15) is 4.79 Å². The predicted molar refractivity (Wildman–Crippen MR) is 74.9 cm³/mol. The summed E-state index contributed by atoms with van der Waals surface area (Å²) in [6.07, 6.45) is -0.764. The van der Waals surface area contributed by atoms with E-state index in [0.717, 1.165) is 8.95 Å². The van der Waals surface area contributed by atoms with Crippen LogP contribution < -0.4 is 9.47 Å². The first-order valence-electron chi connectivity index (χ1n) is 5.04. The topological polar surface area (TPSA) is 35.5 Å². The first-order valence-corrected chi connectivity index (χ1v) is 6.63. The molecular weight excluding hydrogens is 364 g/mol. The molecule has 0 amide bonds. The largest absolute Gasteiger partial charge is 0.519 e. The Labute approximate surface area is 121 Å². The number of ether oxygens (including phenoxy) is 2. The first-order chi connectivity index (χ1) is 8.63. The smallest absolute Gasteiger partial charge is 0.395 e. The van der Waals surface area contributed by atoms with E-state index in [2.05, 4.69) is 31.9 Å². The standard InChI is InChI=1S/C13H8Br2O3/c14-9-1-5-11(6-2-9)17-13(16)18-12-7-3-10(15)4-8-12/h1-8H. The van der Waals surface area contributed by atoms with Gasteiger partial charge in [0.15, 0.2) is 0 Å². The van der Waals surface area contributed by atoms with Crippen LogP contribution >= 0.6 is 31.9 Å². The lowest BCUT2D eigenvalue weighted by Crippen LogP contribution is -2.13. The van der Waals surface area contributed by atoms with Crippen LogP contribution in [0.5, 0.6) is 11.5 Å². The molecule has 2 rings (SSSR count). The van der Waals surface area contributed by atoms with Gasteiger partial charge in [-0.1, -0.05) is 31.9 Å². The zero-order chi connectivity index (χ0) is 13.0. The van der Waals surface area contributed by atoms with Gasteiger partial charge in [0.25, 0.3) is 0 Å². The predicted octanol–water partition coefficient (Wildman–Crippen LogP) is 4.79. The molecule has 0 fully saturated rings. The zero-order valence-corrected chi connectivity index (χ0v) is 12.3. The minimum Gasteiger partial charge on any atom is -0.395 e. The maximum absolute atomic E-state index is 11.5. The van der Waals surface area contributed by atoms with Gasteiger partial charge in [-0.05, 0) is 48.5 Å². The lowest BCUT2D eigenvalue weighted by atomic mass is 10.3. The Kier molecular flexibility index (Phi) is 4.38. The maximum atomic E-state index is 11.5. The molecule has 2 aromatic rings. The van der Waals surface area contributed by atoms with Crippen molar-refractivity contribution < 1.29 is 14.3 Å². The van der Waals surface area contributed by atoms with E-state index in [1.165, 1.54) is 0 Å².